The Kier molecular flexibility index (Phi) is 3.25. The van der Waals surface area contributed by atoms with Crippen molar-refractivity contribution in [2.45, 2.75) is 25.4 Å². The van der Waals surface area contributed by atoms with Crippen molar-refractivity contribution in [1.29, 1.82) is 0 Å². The maximum absolute atomic E-state index is 10.9. The summed E-state index contributed by atoms with van der Waals surface area (Å²) in [5.74, 6) is 0.886. The lowest BCUT2D eigenvalue weighted by molar-refractivity contribution is 0.187. The Balaban J connectivity index is 1.97. The molecule has 19 heavy (non-hydrogen) atoms. The van der Waals surface area contributed by atoms with Crippen molar-refractivity contribution in [3.8, 4) is 0 Å². The van der Waals surface area contributed by atoms with Gasteiger partial charge in [-0.25, -0.2) is 9.78 Å². The zero-order valence-electron chi connectivity index (χ0n) is 10.4. The van der Waals surface area contributed by atoms with E-state index >= 15 is 0 Å². The summed E-state index contributed by atoms with van der Waals surface area (Å²) < 4.78 is 1.18. The van der Waals surface area contributed by atoms with E-state index in [1.54, 1.807) is 17.5 Å². The molecule has 3 heterocycles. The minimum absolute atomic E-state index is 0.177. The van der Waals surface area contributed by atoms with Gasteiger partial charge in [-0.05, 0) is 36.8 Å². The number of carboxylic acid groups (broad SMARTS) is 1. The number of pyridine rings is 1. The van der Waals surface area contributed by atoms with Crippen LogP contribution in [0.15, 0.2) is 23.7 Å². The molecule has 1 amide bonds. The molecule has 3 rings (SSSR count). The Morgan fingerprint density at radius 3 is 3.21 bits per heavy atom. The molecule has 2 aromatic rings. The largest absolute Gasteiger partial charge is 0.465 e. The fourth-order valence-corrected chi connectivity index (χ4v) is 3.36. The number of anilines is 1. The molecule has 1 aliphatic heterocycles. The molecule has 0 aliphatic carbocycles. The normalized spacial score (nSPS) is 19.6. The molecule has 1 fully saturated rings. The molecule has 0 spiro atoms. The first kappa shape index (κ1) is 12.2. The number of nitrogens with zero attached hydrogens (tertiary/aromatic N) is 2. The third-order valence-electron chi connectivity index (χ3n) is 3.42. The minimum Gasteiger partial charge on any atom is -0.465 e. The number of thiophene rings is 1. The maximum atomic E-state index is 10.9. The molecule has 0 saturated carbocycles. The van der Waals surface area contributed by atoms with Crippen molar-refractivity contribution in [3.63, 3.8) is 0 Å². The molecule has 0 bridgehead atoms. The van der Waals surface area contributed by atoms with Gasteiger partial charge < -0.3 is 15.3 Å². The number of carbonyl (C=O) groups is 1. The van der Waals surface area contributed by atoms with Crippen molar-refractivity contribution in [2.24, 2.45) is 0 Å². The Bertz CT molecular complexity index is 598. The van der Waals surface area contributed by atoms with Crippen LogP contribution < -0.4 is 10.2 Å². The van der Waals surface area contributed by atoms with Crippen LogP contribution in [-0.2, 0) is 0 Å². The lowest BCUT2D eigenvalue weighted by atomic mass is 10.1. The number of hydrogen-bond acceptors (Lipinski definition) is 4. The predicted octanol–water partition coefficient (Wildman–Crippen LogP) is 2.88. The minimum atomic E-state index is -0.977. The first-order valence-corrected chi connectivity index (χ1v) is 7.22. The van der Waals surface area contributed by atoms with Crippen LogP contribution in [0.25, 0.3) is 10.1 Å². The highest BCUT2D eigenvalue weighted by Crippen LogP contribution is 2.31. The van der Waals surface area contributed by atoms with E-state index in [1.165, 1.54) is 4.70 Å². The zero-order chi connectivity index (χ0) is 13.2. The Morgan fingerprint density at radius 1 is 1.47 bits per heavy atom. The molecule has 1 aliphatic rings. The molecule has 1 saturated heterocycles. The second-order valence-corrected chi connectivity index (χ2v) is 5.57. The van der Waals surface area contributed by atoms with Crippen LogP contribution in [0.2, 0.25) is 0 Å². The summed E-state index contributed by atoms with van der Waals surface area (Å²) in [7, 11) is 0. The van der Waals surface area contributed by atoms with E-state index in [4.69, 9.17) is 5.11 Å². The van der Waals surface area contributed by atoms with Crippen LogP contribution in [0, 0.1) is 0 Å². The van der Waals surface area contributed by atoms with Crippen molar-refractivity contribution in [2.75, 3.05) is 11.4 Å². The van der Waals surface area contributed by atoms with Crippen molar-refractivity contribution < 1.29 is 9.90 Å². The van der Waals surface area contributed by atoms with Gasteiger partial charge in [0.2, 0.25) is 0 Å². The Labute approximate surface area is 114 Å². The summed E-state index contributed by atoms with van der Waals surface area (Å²) in [4.78, 5) is 17.4. The zero-order valence-corrected chi connectivity index (χ0v) is 11.2. The molecule has 0 aromatic carbocycles. The van der Waals surface area contributed by atoms with Crippen molar-refractivity contribution in [1.82, 2.24) is 10.3 Å². The van der Waals surface area contributed by atoms with E-state index in [0.29, 0.717) is 0 Å². The molecule has 2 aromatic heterocycles. The summed E-state index contributed by atoms with van der Waals surface area (Å²) in [5.41, 5.74) is 0. The number of amides is 1. The lowest BCUT2D eigenvalue weighted by Gasteiger charge is -2.36. The number of rotatable bonds is 2. The van der Waals surface area contributed by atoms with E-state index < -0.39 is 6.09 Å². The number of piperidine rings is 1. The van der Waals surface area contributed by atoms with E-state index in [9.17, 15) is 4.79 Å². The van der Waals surface area contributed by atoms with Gasteiger partial charge in [0, 0.05) is 22.8 Å². The third-order valence-corrected chi connectivity index (χ3v) is 4.31. The van der Waals surface area contributed by atoms with Crippen LogP contribution in [0.1, 0.15) is 19.3 Å². The number of nitrogens with one attached hydrogen (secondary N) is 1. The average Bonchev–Trinajstić information content (AvgIpc) is 2.87. The lowest BCUT2D eigenvalue weighted by Crippen LogP contribution is -2.51. The van der Waals surface area contributed by atoms with Crippen LogP contribution in [0.3, 0.4) is 0 Å². The summed E-state index contributed by atoms with van der Waals surface area (Å²) >= 11 is 1.68. The van der Waals surface area contributed by atoms with Crippen molar-refractivity contribution in [3.05, 3.63) is 23.7 Å². The second kappa shape index (κ2) is 5.05. The number of fused-ring (bicyclic) bond motifs is 1. The second-order valence-electron chi connectivity index (χ2n) is 4.62. The standard InChI is InChI=1S/C13H15N3O2S/c17-13(18)15-11-3-1-2-7-16(11)12-9-5-8-19-10(9)4-6-14-12/h4-6,8,11,15H,1-3,7H2,(H,17,18). The van der Waals surface area contributed by atoms with E-state index in [-0.39, 0.29) is 6.17 Å². The van der Waals surface area contributed by atoms with Crippen LogP contribution >= 0.6 is 11.3 Å². The maximum Gasteiger partial charge on any atom is 0.406 e. The third kappa shape index (κ3) is 2.35. The first-order chi connectivity index (χ1) is 9.25. The smallest absolute Gasteiger partial charge is 0.406 e. The number of hydrogen-bond donors (Lipinski definition) is 2. The van der Waals surface area contributed by atoms with Gasteiger partial charge in [0.25, 0.3) is 0 Å². The molecule has 0 radical (unpaired) electrons. The molecule has 6 heteroatoms. The Hall–Kier alpha value is -1.82. The average molecular weight is 277 g/mol. The van der Waals surface area contributed by atoms with Gasteiger partial charge in [0.1, 0.15) is 12.0 Å². The Morgan fingerprint density at radius 2 is 2.37 bits per heavy atom. The molecule has 2 N–H and O–H groups in total. The van der Waals surface area contributed by atoms with Gasteiger partial charge in [-0.2, -0.15) is 0 Å². The quantitative estimate of drug-likeness (QED) is 0.886. The van der Waals surface area contributed by atoms with E-state index in [0.717, 1.165) is 37.0 Å². The van der Waals surface area contributed by atoms with Gasteiger partial charge in [-0.1, -0.05) is 0 Å². The van der Waals surface area contributed by atoms with E-state index in [2.05, 4.69) is 21.3 Å². The highest BCUT2D eigenvalue weighted by Gasteiger charge is 2.26. The SMILES string of the molecule is O=C(O)NC1CCCCN1c1nccc2sccc12. The van der Waals surface area contributed by atoms with E-state index in [1.807, 2.05) is 11.4 Å². The highest BCUT2D eigenvalue weighted by molar-refractivity contribution is 7.17. The van der Waals surface area contributed by atoms with Gasteiger partial charge in [-0.3, -0.25) is 0 Å². The van der Waals surface area contributed by atoms with Gasteiger partial charge >= 0.3 is 6.09 Å². The summed E-state index contributed by atoms with van der Waals surface area (Å²) in [6.45, 7) is 0.840. The molecule has 5 nitrogen and oxygen atoms in total. The van der Waals surface area contributed by atoms with Crippen LogP contribution in [-0.4, -0.2) is 28.9 Å². The highest BCUT2D eigenvalue weighted by atomic mass is 32.1. The fourth-order valence-electron chi connectivity index (χ4n) is 2.59. The molecular formula is C13H15N3O2S. The summed E-state index contributed by atoms with van der Waals surface area (Å²) in [6.07, 6.45) is 3.58. The van der Waals surface area contributed by atoms with Crippen LogP contribution in [0.4, 0.5) is 10.6 Å². The van der Waals surface area contributed by atoms with Crippen LogP contribution in [0.5, 0.6) is 0 Å². The molecule has 1 atom stereocenters. The van der Waals surface area contributed by atoms with Gasteiger partial charge in [-0.15, -0.1) is 11.3 Å². The summed E-state index contributed by atoms with van der Waals surface area (Å²) in [6, 6.07) is 4.04. The molecule has 100 valence electrons. The topological polar surface area (TPSA) is 65.5 Å². The molecular weight excluding hydrogens is 262 g/mol. The predicted molar refractivity (Wildman–Crippen MR) is 75.8 cm³/mol. The van der Waals surface area contributed by atoms with Gasteiger partial charge in [0.15, 0.2) is 0 Å². The summed E-state index contributed by atoms with van der Waals surface area (Å²) in [5, 5.41) is 14.7. The molecule has 1 unspecified atom stereocenters. The van der Waals surface area contributed by atoms with Gasteiger partial charge in [0.05, 0.1) is 0 Å². The number of aromatic nitrogens is 1. The fraction of sp³-hybridized carbons (Fsp3) is 0.385. The first-order valence-electron chi connectivity index (χ1n) is 6.34. The monoisotopic (exact) mass is 277 g/mol. The van der Waals surface area contributed by atoms with Crippen molar-refractivity contribution >= 4 is 33.3 Å².